The third-order valence-corrected chi connectivity index (χ3v) is 10.2. The van der Waals surface area contributed by atoms with Crippen molar-refractivity contribution in [2.24, 2.45) is 0 Å². The van der Waals surface area contributed by atoms with Crippen molar-refractivity contribution in [1.29, 1.82) is 0 Å². The van der Waals surface area contributed by atoms with Crippen molar-refractivity contribution in [3.05, 3.63) is 0 Å². The van der Waals surface area contributed by atoms with Gasteiger partial charge in [0.05, 0.1) is 14.3 Å². The van der Waals surface area contributed by atoms with E-state index >= 15 is 0 Å². The summed E-state index contributed by atoms with van der Waals surface area (Å²) in [4.78, 5) is 0. The first kappa shape index (κ1) is 11.5. The standard InChI is InChI=1S/C10H16OS4/c11-8-5-9(12-1-2-13-9)7-10(6-8)14-3-4-15-10/h8,11H,1-7H2. The quantitative estimate of drug-likeness (QED) is 0.734. The lowest BCUT2D eigenvalue weighted by atomic mass is 9.95. The molecule has 1 nitrogen and oxygen atoms in total. The molecular weight excluding hydrogens is 264 g/mol. The molecule has 0 aromatic carbocycles. The fourth-order valence-electron chi connectivity index (χ4n) is 2.78. The van der Waals surface area contributed by atoms with Gasteiger partial charge in [-0.2, -0.15) is 0 Å². The fraction of sp³-hybridized carbons (Fsp3) is 1.00. The van der Waals surface area contributed by atoms with Gasteiger partial charge in [0, 0.05) is 23.0 Å². The molecule has 0 aromatic rings. The van der Waals surface area contributed by atoms with Crippen molar-refractivity contribution in [1.82, 2.24) is 0 Å². The molecule has 86 valence electrons. The molecule has 5 heteroatoms. The monoisotopic (exact) mass is 280 g/mol. The van der Waals surface area contributed by atoms with Crippen LogP contribution in [0.25, 0.3) is 0 Å². The summed E-state index contributed by atoms with van der Waals surface area (Å²) in [7, 11) is 0. The van der Waals surface area contributed by atoms with Gasteiger partial charge in [0.1, 0.15) is 0 Å². The van der Waals surface area contributed by atoms with Gasteiger partial charge in [-0.1, -0.05) is 0 Å². The van der Waals surface area contributed by atoms with Gasteiger partial charge in [0.25, 0.3) is 0 Å². The Hall–Kier alpha value is 1.36. The number of hydrogen-bond donors (Lipinski definition) is 1. The SMILES string of the molecule is OC1CC2(CC3(C1)SCCS3)SCCS2. The fourth-order valence-corrected chi connectivity index (χ4v) is 10.3. The number of hydrogen-bond acceptors (Lipinski definition) is 5. The highest BCUT2D eigenvalue weighted by molar-refractivity contribution is 8.22. The predicted molar refractivity (Wildman–Crippen MR) is 75.2 cm³/mol. The Morgan fingerprint density at radius 3 is 1.60 bits per heavy atom. The number of thioether (sulfide) groups is 4. The molecule has 2 saturated heterocycles. The average Bonchev–Trinajstić information content (AvgIpc) is 2.75. The highest BCUT2D eigenvalue weighted by atomic mass is 32.2. The summed E-state index contributed by atoms with van der Waals surface area (Å²) in [5, 5.41) is 10.1. The molecule has 1 aliphatic carbocycles. The molecule has 3 rings (SSSR count). The molecule has 3 fully saturated rings. The topological polar surface area (TPSA) is 20.2 Å². The molecule has 2 aliphatic heterocycles. The second-order valence-corrected chi connectivity index (χ2v) is 10.9. The summed E-state index contributed by atoms with van der Waals surface area (Å²) in [5.74, 6) is 5.12. The van der Waals surface area contributed by atoms with Crippen LogP contribution >= 0.6 is 47.0 Å². The zero-order valence-corrected chi connectivity index (χ0v) is 11.9. The number of rotatable bonds is 0. The number of aliphatic hydroxyl groups excluding tert-OH is 1. The first-order chi connectivity index (χ1) is 7.22. The van der Waals surface area contributed by atoms with Gasteiger partial charge < -0.3 is 5.11 Å². The molecule has 0 bridgehead atoms. The smallest absolute Gasteiger partial charge is 0.0657 e. The minimum absolute atomic E-state index is 0.0602. The van der Waals surface area contributed by atoms with E-state index in [0.717, 1.165) is 12.8 Å². The normalized spacial score (nSPS) is 37.8. The second-order valence-electron chi connectivity index (χ2n) is 4.45. The van der Waals surface area contributed by atoms with E-state index in [0.29, 0.717) is 8.16 Å². The Kier molecular flexibility index (Phi) is 3.23. The minimum Gasteiger partial charge on any atom is -0.393 e. The first-order valence-electron chi connectivity index (χ1n) is 5.46. The maximum absolute atomic E-state index is 10.1. The Bertz CT molecular complexity index is 222. The molecule has 2 spiro atoms. The van der Waals surface area contributed by atoms with E-state index < -0.39 is 0 Å². The summed E-state index contributed by atoms with van der Waals surface area (Å²) in [6, 6.07) is 0. The van der Waals surface area contributed by atoms with Gasteiger partial charge in [-0.25, -0.2) is 0 Å². The Morgan fingerprint density at radius 1 is 0.800 bits per heavy atom. The minimum atomic E-state index is -0.0602. The third kappa shape index (κ3) is 2.19. The summed E-state index contributed by atoms with van der Waals surface area (Å²) < 4.78 is 0.726. The molecule has 0 radical (unpaired) electrons. The molecule has 1 saturated carbocycles. The van der Waals surface area contributed by atoms with Crippen molar-refractivity contribution < 1.29 is 5.11 Å². The van der Waals surface area contributed by atoms with Crippen LogP contribution in [-0.4, -0.2) is 42.4 Å². The van der Waals surface area contributed by atoms with E-state index in [1.54, 1.807) is 0 Å². The average molecular weight is 281 g/mol. The van der Waals surface area contributed by atoms with Crippen LogP contribution in [0.15, 0.2) is 0 Å². The van der Waals surface area contributed by atoms with Gasteiger partial charge in [-0.3, -0.25) is 0 Å². The van der Waals surface area contributed by atoms with E-state index in [4.69, 9.17) is 0 Å². The van der Waals surface area contributed by atoms with Gasteiger partial charge in [-0.15, -0.1) is 47.0 Å². The van der Waals surface area contributed by atoms with Crippen LogP contribution in [0, 0.1) is 0 Å². The predicted octanol–water partition coefficient (Wildman–Crippen LogP) is 2.88. The highest BCUT2D eigenvalue weighted by Gasteiger charge is 2.52. The molecule has 0 aromatic heterocycles. The maximum atomic E-state index is 10.1. The molecular formula is C10H16OS4. The Morgan fingerprint density at radius 2 is 1.20 bits per heavy atom. The molecule has 2 heterocycles. The summed E-state index contributed by atoms with van der Waals surface area (Å²) in [5.41, 5.74) is 0. The van der Waals surface area contributed by atoms with Crippen molar-refractivity contribution in [2.45, 2.75) is 33.5 Å². The van der Waals surface area contributed by atoms with Crippen molar-refractivity contribution >= 4 is 47.0 Å². The van der Waals surface area contributed by atoms with Gasteiger partial charge in [0.15, 0.2) is 0 Å². The zero-order chi connectivity index (χ0) is 10.4. The highest BCUT2D eigenvalue weighted by Crippen LogP contribution is 2.63. The van der Waals surface area contributed by atoms with Crippen molar-refractivity contribution in [3.8, 4) is 0 Å². The second kappa shape index (κ2) is 4.23. The van der Waals surface area contributed by atoms with E-state index in [-0.39, 0.29) is 6.10 Å². The summed E-state index contributed by atoms with van der Waals surface area (Å²) in [6.45, 7) is 0. The van der Waals surface area contributed by atoms with Gasteiger partial charge in [0.2, 0.25) is 0 Å². The van der Waals surface area contributed by atoms with Crippen LogP contribution in [0.2, 0.25) is 0 Å². The van der Waals surface area contributed by atoms with Crippen LogP contribution in [0.3, 0.4) is 0 Å². The van der Waals surface area contributed by atoms with E-state index in [2.05, 4.69) is 47.0 Å². The third-order valence-electron chi connectivity index (χ3n) is 3.26. The molecule has 15 heavy (non-hydrogen) atoms. The number of aliphatic hydroxyl groups is 1. The van der Waals surface area contributed by atoms with Crippen LogP contribution in [0.1, 0.15) is 19.3 Å². The lowest BCUT2D eigenvalue weighted by Gasteiger charge is -2.44. The molecule has 3 aliphatic rings. The maximum Gasteiger partial charge on any atom is 0.0657 e. The molecule has 0 atom stereocenters. The van der Waals surface area contributed by atoms with Crippen molar-refractivity contribution in [3.63, 3.8) is 0 Å². The largest absolute Gasteiger partial charge is 0.393 e. The van der Waals surface area contributed by atoms with Crippen molar-refractivity contribution in [2.75, 3.05) is 23.0 Å². The summed E-state index contributed by atoms with van der Waals surface area (Å²) >= 11 is 8.43. The van der Waals surface area contributed by atoms with Gasteiger partial charge in [-0.05, 0) is 19.3 Å². The molecule has 0 amide bonds. The molecule has 1 N–H and O–H groups in total. The molecule has 0 unspecified atom stereocenters. The van der Waals surface area contributed by atoms with E-state index in [1.165, 1.54) is 29.4 Å². The van der Waals surface area contributed by atoms with Crippen LogP contribution in [-0.2, 0) is 0 Å². The lowest BCUT2D eigenvalue weighted by molar-refractivity contribution is 0.127. The van der Waals surface area contributed by atoms with Crippen LogP contribution in [0.5, 0.6) is 0 Å². The van der Waals surface area contributed by atoms with Crippen LogP contribution in [0.4, 0.5) is 0 Å². The lowest BCUT2D eigenvalue weighted by Crippen LogP contribution is -2.42. The Labute approximate surface area is 108 Å². The van der Waals surface area contributed by atoms with E-state index in [1.807, 2.05) is 0 Å². The zero-order valence-electron chi connectivity index (χ0n) is 8.61. The van der Waals surface area contributed by atoms with Gasteiger partial charge >= 0.3 is 0 Å². The first-order valence-corrected chi connectivity index (χ1v) is 9.40. The summed E-state index contributed by atoms with van der Waals surface area (Å²) in [6.07, 6.45) is 3.29. The van der Waals surface area contributed by atoms with Crippen LogP contribution < -0.4 is 0 Å². The Balaban J connectivity index is 1.81. The van der Waals surface area contributed by atoms with E-state index in [9.17, 15) is 5.11 Å².